The van der Waals surface area contributed by atoms with Gasteiger partial charge in [0.15, 0.2) is 6.73 Å². The summed E-state index contributed by atoms with van der Waals surface area (Å²) in [5.74, 6) is -2.24. The number of esters is 1. The van der Waals surface area contributed by atoms with E-state index in [9.17, 15) is 14.4 Å². The van der Waals surface area contributed by atoms with Crippen LogP contribution in [0.5, 0.6) is 0 Å². The van der Waals surface area contributed by atoms with Gasteiger partial charge in [0, 0.05) is 6.42 Å². The van der Waals surface area contributed by atoms with Crippen molar-refractivity contribution >= 4 is 17.9 Å². The van der Waals surface area contributed by atoms with Gasteiger partial charge in [0.2, 0.25) is 0 Å². The lowest BCUT2D eigenvalue weighted by Crippen LogP contribution is -2.35. The molecule has 0 bridgehead atoms. The van der Waals surface area contributed by atoms with Gasteiger partial charge >= 0.3 is 17.9 Å². The van der Waals surface area contributed by atoms with E-state index >= 15 is 0 Å². The molecule has 0 saturated carbocycles. The van der Waals surface area contributed by atoms with Gasteiger partial charge in [-0.15, -0.1) is 0 Å². The van der Waals surface area contributed by atoms with Crippen LogP contribution < -0.4 is 0 Å². The summed E-state index contributed by atoms with van der Waals surface area (Å²) in [7, 11) is 0. The molecule has 1 fully saturated rings. The number of nitrogens with zero attached hydrogens (tertiary/aromatic N) is 1. The van der Waals surface area contributed by atoms with Crippen molar-refractivity contribution in [3.05, 3.63) is 35.9 Å². The number of hydrogen-bond acceptors (Lipinski definition) is 6. The van der Waals surface area contributed by atoms with E-state index in [1.807, 2.05) is 0 Å². The van der Waals surface area contributed by atoms with Gasteiger partial charge in [-0.25, -0.2) is 4.79 Å². The van der Waals surface area contributed by atoms with Gasteiger partial charge in [-0.3, -0.25) is 9.59 Å². The number of cyclic esters (lactones) is 1. The first-order valence-electron chi connectivity index (χ1n) is 6.00. The highest BCUT2D eigenvalue weighted by Gasteiger charge is 2.37. The van der Waals surface area contributed by atoms with Gasteiger partial charge in [0.1, 0.15) is 6.04 Å². The Morgan fingerprint density at radius 1 is 1.35 bits per heavy atom. The Labute approximate surface area is 114 Å². The molecule has 0 spiro atoms. The third-order valence-electron chi connectivity index (χ3n) is 2.80. The summed E-state index contributed by atoms with van der Waals surface area (Å²) in [6.45, 7) is -0.193. The number of benzene rings is 1. The van der Waals surface area contributed by atoms with Crippen molar-refractivity contribution in [3.63, 3.8) is 0 Å². The number of hydrogen-bond donors (Lipinski definition) is 1. The average molecular weight is 279 g/mol. The van der Waals surface area contributed by atoms with E-state index in [1.54, 1.807) is 30.3 Å². The van der Waals surface area contributed by atoms with E-state index in [4.69, 9.17) is 14.7 Å². The van der Waals surface area contributed by atoms with Crippen LogP contribution in [-0.4, -0.2) is 40.9 Å². The lowest BCUT2D eigenvalue weighted by atomic mass is 10.1. The number of carbonyl (C=O) groups is 3. The predicted octanol–water partition coefficient (Wildman–Crippen LogP) is 0.808. The molecule has 1 saturated heterocycles. The number of hydroxylamine groups is 2. The zero-order valence-corrected chi connectivity index (χ0v) is 10.5. The van der Waals surface area contributed by atoms with Crippen LogP contribution in [0.1, 0.15) is 23.2 Å². The molecule has 1 atom stereocenters. The van der Waals surface area contributed by atoms with Crippen LogP contribution in [0.2, 0.25) is 0 Å². The minimum Gasteiger partial charge on any atom is -0.481 e. The van der Waals surface area contributed by atoms with Crippen LogP contribution in [0.25, 0.3) is 0 Å². The summed E-state index contributed by atoms with van der Waals surface area (Å²) in [6.07, 6.45) is -0.185. The van der Waals surface area contributed by atoms with Gasteiger partial charge in [0.25, 0.3) is 0 Å². The topological polar surface area (TPSA) is 93.1 Å². The van der Waals surface area contributed by atoms with Gasteiger partial charge in [-0.2, -0.15) is 0 Å². The normalized spacial score (nSPS) is 18.6. The lowest BCUT2D eigenvalue weighted by molar-refractivity contribution is -0.143. The summed E-state index contributed by atoms with van der Waals surface area (Å²) in [5, 5.41) is 9.70. The van der Waals surface area contributed by atoms with Crippen LogP contribution in [0.4, 0.5) is 0 Å². The van der Waals surface area contributed by atoms with Crippen molar-refractivity contribution in [2.24, 2.45) is 0 Å². The molecular formula is C13H13NO6. The maximum atomic E-state index is 11.8. The van der Waals surface area contributed by atoms with Crippen molar-refractivity contribution in [2.75, 3.05) is 6.73 Å². The summed E-state index contributed by atoms with van der Waals surface area (Å²) in [4.78, 5) is 38.9. The maximum absolute atomic E-state index is 11.8. The molecule has 0 aromatic heterocycles. The van der Waals surface area contributed by atoms with E-state index in [0.29, 0.717) is 5.56 Å². The highest BCUT2D eigenvalue weighted by Crippen LogP contribution is 2.18. The van der Waals surface area contributed by atoms with Gasteiger partial charge in [-0.1, -0.05) is 23.3 Å². The highest BCUT2D eigenvalue weighted by molar-refractivity contribution is 5.89. The fraction of sp³-hybridized carbons (Fsp3) is 0.308. The van der Waals surface area contributed by atoms with Crippen LogP contribution in [-0.2, 0) is 19.2 Å². The molecule has 0 amide bonds. The van der Waals surface area contributed by atoms with Crippen molar-refractivity contribution in [1.82, 2.24) is 5.06 Å². The molecule has 2 rings (SSSR count). The van der Waals surface area contributed by atoms with E-state index in [2.05, 4.69) is 0 Å². The monoisotopic (exact) mass is 279 g/mol. The standard InChI is InChI=1S/C13H13NO6/c15-11(16)7-6-10-13(18)19-8-14(10)20-12(17)9-4-2-1-3-5-9/h1-5,10H,6-8H2,(H,15,16)/t10-/m0/s1. The van der Waals surface area contributed by atoms with Crippen LogP contribution in [0.15, 0.2) is 30.3 Å². The molecule has 1 aromatic carbocycles. The molecule has 7 nitrogen and oxygen atoms in total. The number of carboxylic acids is 1. The summed E-state index contributed by atoms with van der Waals surface area (Å²) < 4.78 is 4.76. The second kappa shape index (κ2) is 6.16. The molecular weight excluding hydrogens is 266 g/mol. The van der Waals surface area contributed by atoms with Crippen molar-refractivity contribution in [1.29, 1.82) is 0 Å². The predicted molar refractivity (Wildman–Crippen MR) is 65.3 cm³/mol. The lowest BCUT2D eigenvalue weighted by Gasteiger charge is -2.17. The van der Waals surface area contributed by atoms with Crippen LogP contribution in [0, 0.1) is 0 Å². The van der Waals surface area contributed by atoms with Gasteiger partial charge in [-0.05, 0) is 18.6 Å². The fourth-order valence-electron chi connectivity index (χ4n) is 1.78. The molecule has 1 aromatic rings. The molecule has 1 aliphatic heterocycles. The van der Waals surface area contributed by atoms with Gasteiger partial charge in [0.05, 0.1) is 5.56 Å². The molecule has 0 unspecified atom stereocenters. The number of carboxylic acid groups (broad SMARTS) is 1. The molecule has 20 heavy (non-hydrogen) atoms. The molecule has 1 heterocycles. The molecule has 106 valence electrons. The first-order chi connectivity index (χ1) is 9.58. The van der Waals surface area contributed by atoms with Crippen LogP contribution >= 0.6 is 0 Å². The first-order valence-corrected chi connectivity index (χ1v) is 6.00. The Hall–Kier alpha value is -2.41. The smallest absolute Gasteiger partial charge is 0.357 e. The average Bonchev–Trinajstić information content (AvgIpc) is 2.78. The Bertz CT molecular complexity index is 515. The SMILES string of the molecule is O=C(O)CC[C@H]1C(=O)OCN1OC(=O)c1ccccc1. The third-order valence-corrected chi connectivity index (χ3v) is 2.80. The zero-order chi connectivity index (χ0) is 14.5. The second-order valence-electron chi connectivity index (χ2n) is 4.20. The van der Waals surface area contributed by atoms with E-state index < -0.39 is 23.9 Å². The van der Waals surface area contributed by atoms with Crippen molar-refractivity contribution in [2.45, 2.75) is 18.9 Å². The molecule has 1 N–H and O–H groups in total. The summed E-state index contributed by atoms with van der Waals surface area (Å²) >= 11 is 0. The fourth-order valence-corrected chi connectivity index (χ4v) is 1.78. The first kappa shape index (κ1) is 14.0. The summed E-state index contributed by atoms with van der Waals surface area (Å²) in [6, 6.07) is 7.41. The van der Waals surface area contributed by atoms with Crippen LogP contribution in [0.3, 0.4) is 0 Å². The number of ether oxygens (including phenoxy) is 1. The molecule has 1 aliphatic rings. The Morgan fingerprint density at radius 2 is 2.05 bits per heavy atom. The van der Waals surface area contributed by atoms with Crippen molar-refractivity contribution in [3.8, 4) is 0 Å². The highest BCUT2D eigenvalue weighted by atomic mass is 16.8. The number of rotatable bonds is 5. The van der Waals surface area contributed by atoms with E-state index in [0.717, 1.165) is 5.06 Å². The maximum Gasteiger partial charge on any atom is 0.357 e. The number of carbonyl (C=O) groups excluding carboxylic acids is 2. The Morgan fingerprint density at radius 3 is 2.70 bits per heavy atom. The third kappa shape index (κ3) is 3.33. The number of aliphatic carboxylic acids is 1. The molecule has 0 radical (unpaired) electrons. The Balaban J connectivity index is 1.98. The molecule has 0 aliphatic carbocycles. The minimum atomic E-state index is -1.03. The van der Waals surface area contributed by atoms with Crippen molar-refractivity contribution < 1.29 is 29.1 Å². The summed E-state index contributed by atoms with van der Waals surface area (Å²) in [5.41, 5.74) is 0.337. The second-order valence-corrected chi connectivity index (χ2v) is 4.20. The quantitative estimate of drug-likeness (QED) is 0.797. The molecule has 7 heteroatoms. The van der Waals surface area contributed by atoms with E-state index in [-0.39, 0.29) is 19.6 Å². The zero-order valence-electron chi connectivity index (χ0n) is 10.5. The van der Waals surface area contributed by atoms with Gasteiger partial charge < -0.3 is 14.7 Å². The minimum absolute atomic E-state index is 0.0240. The Kier molecular flexibility index (Phi) is 4.31. The largest absolute Gasteiger partial charge is 0.481 e. The van der Waals surface area contributed by atoms with E-state index in [1.165, 1.54) is 0 Å².